The summed E-state index contributed by atoms with van der Waals surface area (Å²) in [6.07, 6.45) is 21.3. The first-order valence-corrected chi connectivity index (χ1v) is 14.4. The molecule has 188 valence electrons. The van der Waals surface area contributed by atoms with E-state index in [0.29, 0.717) is 18.8 Å². The third-order valence-electron chi connectivity index (χ3n) is 5.81. The summed E-state index contributed by atoms with van der Waals surface area (Å²) < 4.78 is 10.6. The summed E-state index contributed by atoms with van der Waals surface area (Å²) in [6, 6.07) is 7.41. The van der Waals surface area contributed by atoms with Crippen molar-refractivity contribution in [3.8, 4) is 5.75 Å². The van der Waals surface area contributed by atoms with Gasteiger partial charge >= 0.3 is 11.9 Å². The summed E-state index contributed by atoms with van der Waals surface area (Å²) in [5, 5.41) is 0. The first kappa shape index (κ1) is 29.5. The van der Waals surface area contributed by atoms with Crippen molar-refractivity contribution in [3.05, 3.63) is 24.3 Å². The van der Waals surface area contributed by atoms with Crippen LogP contribution < -0.4 is 4.74 Å². The summed E-state index contributed by atoms with van der Waals surface area (Å²) in [7, 11) is 0. The van der Waals surface area contributed by atoms with Crippen LogP contribution in [0.25, 0.3) is 0 Å². The maximum absolute atomic E-state index is 11.9. The average molecular weight is 479 g/mol. The monoisotopic (exact) mass is 478 g/mol. The second kappa shape index (κ2) is 21.1. The Labute approximate surface area is 206 Å². The summed E-state index contributed by atoms with van der Waals surface area (Å²) >= 11 is 1.64. The fourth-order valence-corrected chi connectivity index (χ4v) is 4.17. The number of rotatable bonds is 21. The zero-order valence-electron chi connectivity index (χ0n) is 21.1. The molecule has 1 aromatic rings. The minimum atomic E-state index is -0.313. The lowest BCUT2D eigenvalue weighted by Crippen LogP contribution is -2.10. The molecule has 0 fully saturated rings. The topological polar surface area (TPSA) is 52.6 Å². The van der Waals surface area contributed by atoms with E-state index in [1.807, 2.05) is 18.4 Å². The van der Waals surface area contributed by atoms with E-state index in [1.54, 1.807) is 23.9 Å². The van der Waals surface area contributed by atoms with Crippen molar-refractivity contribution < 1.29 is 19.1 Å². The third-order valence-corrected chi connectivity index (χ3v) is 6.56. The number of carbonyl (C=O) groups excluding carboxylic acids is 2. The standard InChI is InChI=1S/C28H46O4S/c1-3-4-5-6-7-8-9-10-11-12-13-14-15-16-24-31-27(29)18-17-19-28(30)32-25-20-22-26(33-2)23-21-25/h20-23H,3-19,24H2,1-2H3. The molecular weight excluding hydrogens is 432 g/mol. The third kappa shape index (κ3) is 17.6. The molecule has 33 heavy (non-hydrogen) atoms. The molecule has 0 bridgehead atoms. The lowest BCUT2D eigenvalue weighted by atomic mass is 10.0. The Morgan fingerprint density at radius 1 is 0.667 bits per heavy atom. The van der Waals surface area contributed by atoms with E-state index in [2.05, 4.69) is 6.92 Å². The molecule has 0 aliphatic heterocycles. The van der Waals surface area contributed by atoms with Crippen LogP contribution in [-0.2, 0) is 14.3 Å². The highest BCUT2D eigenvalue weighted by atomic mass is 32.2. The van der Waals surface area contributed by atoms with Crippen LogP contribution in [0.3, 0.4) is 0 Å². The van der Waals surface area contributed by atoms with Crippen LogP contribution in [0.15, 0.2) is 29.2 Å². The van der Waals surface area contributed by atoms with Crippen LogP contribution in [0.5, 0.6) is 5.75 Å². The first-order valence-electron chi connectivity index (χ1n) is 13.2. The zero-order chi connectivity index (χ0) is 24.0. The summed E-state index contributed by atoms with van der Waals surface area (Å²) in [4.78, 5) is 24.8. The van der Waals surface area contributed by atoms with Crippen molar-refractivity contribution in [1.29, 1.82) is 0 Å². The molecule has 0 radical (unpaired) electrons. The summed E-state index contributed by atoms with van der Waals surface area (Å²) in [6.45, 7) is 2.76. The number of benzene rings is 1. The Morgan fingerprint density at radius 3 is 1.67 bits per heavy atom. The zero-order valence-corrected chi connectivity index (χ0v) is 21.9. The Hall–Kier alpha value is -1.49. The second-order valence-electron chi connectivity index (χ2n) is 8.82. The molecule has 0 atom stereocenters. The lowest BCUT2D eigenvalue weighted by Gasteiger charge is -2.06. The Balaban J connectivity index is 1.86. The number of ether oxygens (including phenoxy) is 2. The smallest absolute Gasteiger partial charge is 0.311 e. The minimum absolute atomic E-state index is 0.220. The molecule has 0 aliphatic rings. The second-order valence-corrected chi connectivity index (χ2v) is 9.70. The largest absolute Gasteiger partial charge is 0.466 e. The Kier molecular flexibility index (Phi) is 18.9. The van der Waals surface area contributed by atoms with E-state index >= 15 is 0 Å². The van der Waals surface area contributed by atoms with Gasteiger partial charge < -0.3 is 9.47 Å². The van der Waals surface area contributed by atoms with Crippen molar-refractivity contribution in [2.24, 2.45) is 0 Å². The van der Waals surface area contributed by atoms with Gasteiger partial charge in [0, 0.05) is 17.7 Å². The van der Waals surface area contributed by atoms with Gasteiger partial charge in [0.15, 0.2) is 0 Å². The van der Waals surface area contributed by atoms with Crippen LogP contribution in [0.1, 0.15) is 116 Å². The molecule has 4 nitrogen and oxygen atoms in total. The van der Waals surface area contributed by atoms with E-state index in [9.17, 15) is 9.59 Å². The van der Waals surface area contributed by atoms with Crippen LogP contribution in [0.4, 0.5) is 0 Å². The predicted molar refractivity (Wildman–Crippen MR) is 139 cm³/mol. The van der Waals surface area contributed by atoms with Crippen molar-refractivity contribution in [3.63, 3.8) is 0 Å². The molecule has 0 heterocycles. The van der Waals surface area contributed by atoms with Crippen molar-refractivity contribution >= 4 is 23.7 Å². The fraction of sp³-hybridized carbons (Fsp3) is 0.714. The molecule has 0 aliphatic carbocycles. The SMILES string of the molecule is CCCCCCCCCCCCCCCCOC(=O)CCCC(=O)Oc1ccc(SC)cc1. The van der Waals surface area contributed by atoms with Crippen LogP contribution in [-0.4, -0.2) is 24.8 Å². The van der Waals surface area contributed by atoms with Gasteiger partial charge in [0.2, 0.25) is 0 Å². The van der Waals surface area contributed by atoms with Crippen LogP contribution in [0, 0.1) is 0 Å². The number of unbranched alkanes of at least 4 members (excludes halogenated alkanes) is 13. The fourth-order valence-electron chi connectivity index (χ4n) is 3.76. The van der Waals surface area contributed by atoms with Gasteiger partial charge in [0.1, 0.15) is 5.75 Å². The molecule has 1 aromatic carbocycles. The predicted octanol–water partition coefficient (Wildman–Crippen LogP) is 8.51. The number of hydrogen-bond donors (Lipinski definition) is 0. The molecule has 0 saturated carbocycles. The average Bonchev–Trinajstić information content (AvgIpc) is 2.82. The quantitative estimate of drug-likeness (QED) is 0.0767. The summed E-state index contributed by atoms with van der Waals surface area (Å²) in [5.74, 6) is 0.00618. The van der Waals surface area contributed by atoms with E-state index in [0.717, 1.165) is 17.7 Å². The van der Waals surface area contributed by atoms with E-state index in [-0.39, 0.29) is 24.8 Å². The number of carbonyl (C=O) groups is 2. The highest BCUT2D eigenvalue weighted by molar-refractivity contribution is 7.98. The van der Waals surface area contributed by atoms with E-state index in [1.165, 1.54) is 77.0 Å². The molecule has 0 spiro atoms. The maximum atomic E-state index is 11.9. The van der Waals surface area contributed by atoms with E-state index < -0.39 is 0 Å². The molecule has 0 amide bonds. The summed E-state index contributed by atoms with van der Waals surface area (Å²) in [5.41, 5.74) is 0. The van der Waals surface area contributed by atoms with Crippen LogP contribution >= 0.6 is 11.8 Å². The highest BCUT2D eigenvalue weighted by Gasteiger charge is 2.08. The molecule has 5 heteroatoms. The Bertz CT molecular complexity index is 615. The van der Waals surface area contributed by atoms with E-state index in [4.69, 9.17) is 9.47 Å². The van der Waals surface area contributed by atoms with Gasteiger partial charge in [-0.05, 0) is 43.4 Å². The van der Waals surface area contributed by atoms with Gasteiger partial charge in [-0.25, -0.2) is 0 Å². The molecule has 0 unspecified atom stereocenters. The molecule has 0 N–H and O–H groups in total. The van der Waals surface area contributed by atoms with Crippen molar-refractivity contribution in [2.45, 2.75) is 121 Å². The van der Waals surface area contributed by atoms with Gasteiger partial charge in [-0.15, -0.1) is 11.8 Å². The molecule has 0 saturated heterocycles. The Morgan fingerprint density at radius 2 is 1.15 bits per heavy atom. The van der Waals surface area contributed by atoms with Crippen LogP contribution in [0.2, 0.25) is 0 Å². The molecule has 1 rings (SSSR count). The molecular formula is C28H46O4S. The van der Waals surface area contributed by atoms with Gasteiger partial charge in [-0.3, -0.25) is 9.59 Å². The molecule has 0 aromatic heterocycles. The van der Waals surface area contributed by atoms with Crippen molar-refractivity contribution in [2.75, 3.05) is 12.9 Å². The van der Waals surface area contributed by atoms with Gasteiger partial charge in [0.25, 0.3) is 0 Å². The number of hydrogen-bond acceptors (Lipinski definition) is 5. The lowest BCUT2D eigenvalue weighted by molar-refractivity contribution is -0.144. The maximum Gasteiger partial charge on any atom is 0.311 e. The minimum Gasteiger partial charge on any atom is -0.466 e. The number of esters is 2. The normalized spacial score (nSPS) is 10.8. The number of thioether (sulfide) groups is 1. The van der Waals surface area contributed by atoms with Gasteiger partial charge in [-0.1, -0.05) is 90.4 Å². The van der Waals surface area contributed by atoms with Gasteiger partial charge in [0.05, 0.1) is 6.61 Å². The van der Waals surface area contributed by atoms with Gasteiger partial charge in [-0.2, -0.15) is 0 Å². The van der Waals surface area contributed by atoms with Crippen molar-refractivity contribution in [1.82, 2.24) is 0 Å². The first-order chi connectivity index (χ1) is 16.2. The highest BCUT2D eigenvalue weighted by Crippen LogP contribution is 2.19.